The van der Waals surface area contributed by atoms with Gasteiger partial charge in [-0.3, -0.25) is 4.79 Å². The lowest BCUT2D eigenvalue weighted by Gasteiger charge is -2.14. The van der Waals surface area contributed by atoms with Gasteiger partial charge in [-0.2, -0.15) is 0 Å². The van der Waals surface area contributed by atoms with Crippen molar-refractivity contribution in [1.82, 2.24) is 0 Å². The first-order chi connectivity index (χ1) is 10.0. The number of amides is 1. The van der Waals surface area contributed by atoms with Crippen LogP contribution in [-0.4, -0.2) is 18.1 Å². The SMILES string of the molecule is CN1C(=O)Cc2cc(C(O)Cc3cccc(Br)c3)ccc21. The van der Waals surface area contributed by atoms with Crippen molar-refractivity contribution in [2.45, 2.75) is 18.9 Å². The molecule has 0 radical (unpaired) electrons. The molecule has 1 aliphatic rings. The fourth-order valence-corrected chi connectivity index (χ4v) is 3.15. The van der Waals surface area contributed by atoms with Gasteiger partial charge in [-0.05, 0) is 34.9 Å². The molecular weight excluding hydrogens is 330 g/mol. The van der Waals surface area contributed by atoms with E-state index < -0.39 is 6.10 Å². The Morgan fingerprint density at radius 3 is 2.86 bits per heavy atom. The quantitative estimate of drug-likeness (QED) is 0.927. The van der Waals surface area contributed by atoms with Gasteiger partial charge in [0.2, 0.25) is 5.91 Å². The first kappa shape index (κ1) is 14.3. The van der Waals surface area contributed by atoms with Crippen molar-refractivity contribution in [1.29, 1.82) is 0 Å². The van der Waals surface area contributed by atoms with Crippen LogP contribution in [0.25, 0.3) is 0 Å². The van der Waals surface area contributed by atoms with Crippen molar-refractivity contribution in [2.75, 3.05) is 11.9 Å². The van der Waals surface area contributed by atoms with Gasteiger partial charge in [-0.1, -0.05) is 40.2 Å². The number of hydrogen-bond donors (Lipinski definition) is 1. The van der Waals surface area contributed by atoms with E-state index in [9.17, 15) is 9.90 Å². The van der Waals surface area contributed by atoms with Crippen molar-refractivity contribution in [3.05, 3.63) is 63.6 Å². The molecular formula is C17H16BrNO2. The Morgan fingerprint density at radius 1 is 1.29 bits per heavy atom. The summed E-state index contributed by atoms with van der Waals surface area (Å²) < 4.78 is 1.01. The summed E-state index contributed by atoms with van der Waals surface area (Å²) in [6.07, 6.45) is 0.413. The van der Waals surface area contributed by atoms with Crippen LogP contribution >= 0.6 is 15.9 Å². The molecule has 1 N–H and O–H groups in total. The van der Waals surface area contributed by atoms with Gasteiger partial charge in [0, 0.05) is 23.6 Å². The third-order valence-corrected chi connectivity index (χ3v) is 4.38. The van der Waals surface area contributed by atoms with E-state index in [-0.39, 0.29) is 5.91 Å². The molecule has 0 aromatic heterocycles. The zero-order chi connectivity index (χ0) is 15.0. The number of nitrogens with zero attached hydrogens (tertiary/aromatic N) is 1. The van der Waals surface area contributed by atoms with E-state index >= 15 is 0 Å². The van der Waals surface area contributed by atoms with E-state index in [1.54, 1.807) is 11.9 Å². The Labute approximate surface area is 132 Å². The van der Waals surface area contributed by atoms with Gasteiger partial charge in [-0.25, -0.2) is 0 Å². The number of carbonyl (C=O) groups is 1. The van der Waals surface area contributed by atoms with E-state index in [0.717, 1.165) is 26.9 Å². The van der Waals surface area contributed by atoms with Gasteiger partial charge in [0.25, 0.3) is 0 Å². The average Bonchev–Trinajstić information content (AvgIpc) is 2.73. The van der Waals surface area contributed by atoms with E-state index in [2.05, 4.69) is 15.9 Å². The van der Waals surface area contributed by atoms with Gasteiger partial charge >= 0.3 is 0 Å². The second kappa shape index (κ2) is 5.62. The average molecular weight is 346 g/mol. The highest BCUT2D eigenvalue weighted by Crippen LogP contribution is 2.31. The van der Waals surface area contributed by atoms with Gasteiger partial charge in [0.1, 0.15) is 0 Å². The Morgan fingerprint density at radius 2 is 2.10 bits per heavy atom. The molecule has 0 saturated carbocycles. The van der Waals surface area contributed by atoms with Crippen LogP contribution in [0.15, 0.2) is 46.9 Å². The lowest BCUT2D eigenvalue weighted by atomic mass is 9.99. The minimum Gasteiger partial charge on any atom is -0.388 e. The molecule has 2 aromatic rings. The number of likely N-dealkylation sites (N-methyl/N-ethyl adjacent to an activating group) is 1. The zero-order valence-electron chi connectivity index (χ0n) is 11.7. The minimum atomic E-state index is -0.564. The van der Waals surface area contributed by atoms with Gasteiger partial charge in [0.05, 0.1) is 12.5 Å². The second-order valence-corrected chi connectivity index (χ2v) is 6.28. The Balaban J connectivity index is 1.81. The molecule has 3 rings (SSSR count). The number of anilines is 1. The minimum absolute atomic E-state index is 0.101. The summed E-state index contributed by atoms with van der Waals surface area (Å²) in [6.45, 7) is 0. The topological polar surface area (TPSA) is 40.5 Å². The van der Waals surface area contributed by atoms with Crippen LogP contribution in [0.4, 0.5) is 5.69 Å². The number of hydrogen-bond acceptors (Lipinski definition) is 2. The van der Waals surface area contributed by atoms with Gasteiger partial charge < -0.3 is 10.0 Å². The first-order valence-corrected chi connectivity index (χ1v) is 7.66. The fraction of sp³-hybridized carbons (Fsp3) is 0.235. The zero-order valence-corrected chi connectivity index (χ0v) is 13.3. The van der Waals surface area contributed by atoms with E-state index in [1.165, 1.54) is 0 Å². The number of aliphatic hydroxyl groups excluding tert-OH is 1. The third-order valence-electron chi connectivity index (χ3n) is 3.88. The molecule has 1 aliphatic heterocycles. The van der Waals surface area contributed by atoms with Crippen LogP contribution in [0, 0.1) is 0 Å². The number of halogens is 1. The van der Waals surface area contributed by atoms with Crippen molar-refractivity contribution >= 4 is 27.5 Å². The standard InChI is InChI=1S/C17H16BrNO2/c1-19-15-6-5-12(9-13(15)10-17(19)21)16(20)8-11-3-2-4-14(18)7-11/h2-7,9,16,20H,8,10H2,1H3. The maximum atomic E-state index is 11.7. The van der Waals surface area contributed by atoms with Crippen molar-refractivity contribution in [2.24, 2.45) is 0 Å². The molecule has 0 saturated heterocycles. The maximum Gasteiger partial charge on any atom is 0.231 e. The molecule has 3 nitrogen and oxygen atoms in total. The summed E-state index contributed by atoms with van der Waals surface area (Å²) in [6, 6.07) is 13.7. The first-order valence-electron chi connectivity index (χ1n) is 6.86. The lowest BCUT2D eigenvalue weighted by Crippen LogP contribution is -2.20. The highest BCUT2D eigenvalue weighted by atomic mass is 79.9. The van der Waals surface area contributed by atoms with Crippen LogP contribution in [0.2, 0.25) is 0 Å². The van der Waals surface area contributed by atoms with E-state index in [4.69, 9.17) is 0 Å². The number of aliphatic hydroxyl groups is 1. The van der Waals surface area contributed by atoms with E-state index in [1.807, 2.05) is 42.5 Å². The molecule has 1 amide bonds. The molecule has 0 aliphatic carbocycles. The Bertz CT molecular complexity index is 699. The van der Waals surface area contributed by atoms with E-state index in [0.29, 0.717) is 12.8 Å². The predicted octanol–water partition coefficient (Wildman–Crippen LogP) is 3.24. The molecule has 0 bridgehead atoms. The monoisotopic (exact) mass is 345 g/mol. The summed E-state index contributed by atoms with van der Waals surface area (Å²) in [5, 5.41) is 10.4. The van der Waals surface area contributed by atoms with Crippen LogP contribution in [-0.2, 0) is 17.6 Å². The van der Waals surface area contributed by atoms with Crippen LogP contribution in [0.5, 0.6) is 0 Å². The molecule has 1 atom stereocenters. The van der Waals surface area contributed by atoms with Crippen LogP contribution in [0.1, 0.15) is 22.8 Å². The van der Waals surface area contributed by atoms with Gasteiger partial charge in [0.15, 0.2) is 0 Å². The summed E-state index contributed by atoms with van der Waals surface area (Å²) >= 11 is 3.44. The molecule has 0 fully saturated rings. The maximum absolute atomic E-state index is 11.7. The molecule has 4 heteroatoms. The van der Waals surface area contributed by atoms with Crippen molar-refractivity contribution in [3.8, 4) is 0 Å². The number of rotatable bonds is 3. The largest absolute Gasteiger partial charge is 0.388 e. The summed E-state index contributed by atoms with van der Waals surface area (Å²) in [4.78, 5) is 13.4. The molecule has 0 spiro atoms. The Kier molecular flexibility index (Phi) is 3.83. The fourth-order valence-electron chi connectivity index (χ4n) is 2.70. The molecule has 21 heavy (non-hydrogen) atoms. The predicted molar refractivity (Wildman–Crippen MR) is 86.4 cm³/mol. The Hall–Kier alpha value is -1.65. The number of benzene rings is 2. The molecule has 108 valence electrons. The number of fused-ring (bicyclic) bond motifs is 1. The second-order valence-electron chi connectivity index (χ2n) is 5.37. The van der Waals surface area contributed by atoms with Crippen LogP contribution < -0.4 is 4.90 Å². The van der Waals surface area contributed by atoms with Crippen molar-refractivity contribution in [3.63, 3.8) is 0 Å². The summed E-state index contributed by atoms with van der Waals surface area (Å²) in [5.74, 6) is 0.101. The van der Waals surface area contributed by atoms with Crippen molar-refractivity contribution < 1.29 is 9.90 Å². The normalized spacial score (nSPS) is 15.2. The smallest absolute Gasteiger partial charge is 0.231 e. The highest BCUT2D eigenvalue weighted by molar-refractivity contribution is 9.10. The summed E-state index contributed by atoms with van der Waals surface area (Å²) in [5.41, 5.74) is 3.87. The summed E-state index contributed by atoms with van der Waals surface area (Å²) in [7, 11) is 1.78. The highest BCUT2D eigenvalue weighted by Gasteiger charge is 2.24. The third kappa shape index (κ3) is 2.87. The molecule has 1 unspecified atom stereocenters. The lowest BCUT2D eigenvalue weighted by molar-refractivity contribution is -0.117. The van der Waals surface area contributed by atoms with Gasteiger partial charge in [-0.15, -0.1) is 0 Å². The molecule has 2 aromatic carbocycles. The van der Waals surface area contributed by atoms with Crippen LogP contribution in [0.3, 0.4) is 0 Å². The molecule has 1 heterocycles. The number of carbonyl (C=O) groups excluding carboxylic acids is 1.